The molecule has 7 rings (SSSR count). The molecule has 0 radical (unpaired) electrons. The second kappa shape index (κ2) is 9.61. The summed E-state index contributed by atoms with van der Waals surface area (Å²) in [5.74, 6) is 4.44. The van der Waals surface area contributed by atoms with Crippen LogP contribution in [0.2, 0.25) is 0 Å². The summed E-state index contributed by atoms with van der Waals surface area (Å²) in [7, 11) is 2.18. The van der Waals surface area contributed by atoms with Gasteiger partial charge in [0.05, 0.1) is 41.0 Å². The number of rotatable bonds is 6. The molecule has 0 spiro atoms. The minimum absolute atomic E-state index is 0.110. The third-order valence-corrected chi connectivity index (χ3v) is 9.12. The number of aromatic nitrogens is 5. The molecule has 3 aromatic heterocycles. The first kappa shape index (κ1) is 24.5. The second-order valence-electron chi connectivity index (χ2n) is 11.0. The zero-order valence-corrected chi connectivity index (χ0v) is 23.7. The van der Waals surface area contributed by atoms with Gasteiger partial charge in [0.1, 0.15) is 17.4 Å². The van der Waals surface area contributed by atoms with Gasteiger partial charge in [0.25, 0.3) is 0 Å². The minimum atomic E-state index is -0.110. The number of benzene rings is 2. The van der Waals surface area contributed by atoms with Crippen LogP contribution in [0.1, 0.15) is 56.5 Å². The summed E-state index contributed by atoms with van der Waals surface area (Å²) in [6.07, 6.45) is 8.32. The Hall–Kier alpha value is -3.49. The highest BCUT2D eigenvalue weighted by Gasteiger charge is 2.27. The largest absolute Gasteiger partial charge is 0.470 e. The maximum atomic E-state index is 6.47. The number of imidazole rings is 2. The van der Waals surface area contributed by atoms with E-state index < -0.39 is 0 Å². The fraction of sp³-hybridized carbons (Fsp3) is 0.355. The number of hydrogen-bond donors (Lipinski definition) is 2. The van der Waals surface area contributed by atoms with Gasteiger partial charge < -0.3 is 19.3 Å². The average Bonchev–Trinajstić information content (AvgIpc) is 3.73. The average molecular weight is 539 g/mol. The minimum Gasteiger partial charge on any atom is -0.470 e. The van der Waals surface area contributed by atoms with Gasteiger partial charge in [-0.05, 0) is 69.9 Å². The van der Waals surface area contributed by atoms with Crippen LogP contribution >= 0.6 is 11.8 Å². The number of likely N-dealkylation sites (tertiary alicyclic amines) is 1. The predicted molar refractivity (Wildman–Crippen MR) is 159 cm³/mol. The molecule has 2 aliphatic heterocycles. The van der Waals surface area contributed by atoms with Gasteiger partial charge in [0.15, 0.2) is 6.23 Å². The highest BCUT2D eigenvalue weighted by Crippen LogP contribution is 2.44. The normalized spacial score (nSPS) is 19.7. The molecule has 5 heterocycles. The van der Waals surface area contributed by atoms with Crippen molar-refractivity contribution < 1.29 is 4.74 Å². The highest BCUT2D eigenvalue weighted by atomic mass is 32.2. The number of nitrogens with zero attached hydrogens (tertiary/aromatic N) is 4. The van der Waals surface area contributed by atoms with Crippen LogP contribution in [0.3, 0.4) is 0 Å². The first-order valence-corrected chi connectivity index (χ1v) is 15.2. The number of ether oxygens (including phenoxy) is 1. The monoisotopic (exact) mass is 538 g/mol. The van der Waals surface area contributed by atoms with Gasteiger partial charge in [-0.1, -0.05) is 19.1 Å². The molecule has 0 aliphatic carbocycles. The van der Waals surface area contributed by atoms with Gasteiger partial charge in [0.2, 0.25) is 0 Å². The summed E-state index contributed by atoms with van der Waals surface area (Å²) < 4.78 is 8.77. The van der Waals surface area contributed by atoms with Crippen LogP contribution in [-0.2, 0) is 0 Å². The molecule has 2 unspecified atom stereocenters. The lowest BCUT2D eigenvalue weighted by molar-refractivity contribution is 0.152. The fourth-order valence-electron chi connectivity index (χ4n) is 6.21. The van der Waals surface area contributed by atoms with Crippen molar-refractivity contribution in [3.05, 3.63) is 66.5 Å². The van der Waals surface area contributed by atoms with Gasteiger partial charge in [-0.15, -0.1) is 0 Å². The third kappa shape index (κ3) is 4.17. The molecule has 8 heteroatoms. The number of thioether (sulfide) groups is 1. The van der Waals surface area contributed by atoms with Gasteiger partial charge in [0, 0.05) is 33.7 Å². The van der Waals surface area contributed by atoms with E-state index in [1.807, 2.05) is 24.2 Å². The Bertz CT molecular complexity index is 1660. The molecule has 39 heavy (non-hydrogen) atoms. The Morgan fingerprint density at radius 1 is 1.05 bits per heavy atom. The van der Waals surface area contributed by atoms with E-state index >= 15 is 0 Å². The van der Waals surface area contributed by atoms with E-state index in [0.29, 0.717) is 12.0 Å². The van der Waals surface area contributed by atoms with Gasteiger partial charge >= 0.3 is 0 Å². The summed E-state index contributed by atoms with van der Waals surface area (Å²) in [6.45, 7) is 5.46. The van der Waals surface area contributed by atoms with Crippen molar-refractivity contribution >= 4 is 22.7 Å². The lowest BCUT2D eigenvalue weighted by Crippen LogP contribution is -2.18. The van der Waals surface area contributed by atoms with Crippen LogP contribution in [0, 0.1) is 0 Å². The second-order valence-corrected chi connectivity index (χ2v) is 11.9. The Balaban J connectivity index is 1.22. The summed E-state index contributed by atoms with van der Waals surface area (Å²) in [5.41, 5.74) is 7.79. The molecule has 2 N–H and O–H groups in total. The van der Waals surface area contributed by atoms with Gasteiger partial charge in [-0.3, -0.25) is 4.90 Å². The molecule has 200 valence electrons. The quantitative estimate of drug-likeness (QED) is 0.238. The van der Waals surface area contributed by atoms with Crippen molar-refractivity contribution in [3.63, 3.8) is 0 Å². The number of hydrogen-bond acceptors (Lipinski definition) is 5. The van der Waals surface area contributed by atoms with Crippen LogP contribution in [0.4, 0.5) is 0 Å². The standard InChI is InChI=1S/C31H34N6OS/c1-18(17-39-4)30-32-15-25(34-30)21-7-9-23-28-13-22-12-20(8-10-26(22)37(28)19(2)38-29(23)14-21)24-16-33-31(35-24)27-6-5-11-36(27)3/h7-10,12-16,18-19,27H,5-6,11,17H2,1-4H3,(H,32,34)(H,33,35)/t18?,19?,27-/m0/s1. The Kier molecular flexibility index (Phi) is 6.05. The van der Waals surface area contributed by atoms with E-state index in [2.05, 4.69) is 94.0 Å². The Morgan fingerprint density at radius 3 is 2.67 bits per heavy atom. The molecule has 0 saturated carbocycles. The molecular weight excluding hydrogens is 504 g/mol. The lowest BCUT2D eigenvalue weighted by Gasteiger charge is -2.27. The number of fused-ring (bicyclic) bond motifs is 5. The summed E-state index contributed by atoms with van der Waals surface area (Å²) in [5, 5.41) is 1.20. The van der Waals surface area contributed by atoms with E-state index in [9.17, 15) is 0 Å². The summed E-state index contributed by atoms with van der Waals surface area (Å²) >= 11 is 1.84. The zero-order chi connectivity index (χ0) is 26.7. The molecular formula is C31H34N6OS. The molecule has 1 saturated heterocycles. The molecule has 5 aromatic rings. The smallest absolute Gasteiger partial charge is 0.173 e. The third-order valence-electron chi connectivity index (χ3n) is 8.29. The van der Waals surface area contributed by atoms with Crippen LogP contribution in [0.25, 0.3) is 44.7 Å². The van der Waals surface area contributed by atoms with Crippen LogP contribution in [0.5, 0.6) is 5.75 Å². The molecule has 2 aliphatic rings. The number of nitrogens with one attached hydrogen (secondary N) is 2. The van der Waals surface area contributed by atoms with Gasteiger partial charge in [-0.2, -0.15) is 11.8 Å². The van der Waals surface area contributed by atoms with Crippen LogP contribution in [0.15, 0.2) is 54.9 Å². The van der Waals surface area contributed by atoms with Crippen molar-refractivity contribution in [2.45, 2.75) is 44.9 Å². The fourth-order valence-corrected chi connectivity index (χ4v) is 6.87. The predicted octanol–water partition coefficient (Wildman–Crippen LogP) is 7.23. The van der Waals surface area contributed by atoms with Crippen LogP contribution < -0.4 is 4.74 Å². The Labute approximate surface area is 233 Å². The zero-order valence-electron chi connectivity index (χ0n) is 22.9. The van der Waals surface area contributed by atoms with Crippen molar-refractivity contribution in [1.29, 1.82) is 0 Å². The van der Waals surface area contributed by atoms with Gasteiger partial charge in [-0.25, -0.2) is 9.97 Å². The first-order chi connectivity index (χ1) is 19.0. The van der Waals surface area contributed by atoms with E-state index in [0.717, 1.165) is 64.2 Å². The van der Waals surface area contributed by atoms with Crippen molar-refractivity contribution in [3.8, 4) is 39.5 Å². The Morgan fingerprint density at radius 2 is 1.85 bits per heavy atom. The van der Waals surface area contributed by atoms with Crippen molar-refractivity contribution in [2.24, 2.45) is 0 Å². The SMILES string of the molecule is CSCC(C)c1ncc(-c2ccc3c(c2)OC(C)n2c-3cc3cc(-c4cnc([C@@H]5CCCN5C)[nH]4)ccc32)[nH]1. The molecule has 0 amide bonds. The van der Waals surface area contributed by atoms with Crippen molar-refractivity contribution in [2.75, 3.05) is 25.6 Å². The van der Waals surface area contributed by atoms with E-state index in [4.69, 9.17) is 9.72 Å². The van der Waals surface area contributed by atoms with Crippen molar-refractivity contribution in [1.82, 2.24) is 29.4 Å². The molecule has 1 fully saturated rings. The maximum Gasteiger partial charge on any atom is 0.173 e. The molecule has 0 bridgehead atoms. The van der Waals surface area contributed by atoms with E-state index in [-0.39, 0.29) is 6.23 Å². The number of H-pyrrole nitrogens is 2. The van der Waals surface area contributed by atoms with E-state index in [1.165, 1.54) is 23.0 Å². The van der Waals surface area contributed by atoms with E-state index in [1.54, 1.807) is 0 Å². The first-order valence-electron chi connectivity index (χ1n) is 13.8. The summed E-state index contributed by atoms with van der Waals surface area (Å²) in [4.78, 5) is 18.9. The highest BCUT2D eigenvalue weighted by molar-refractivity contribution is 7.98. The molecule has 7 nitrogen and oxygen atoms in total. The lowest BCUT2D eigenvalue weighted by atomic mass is 10.0. The number of aromatic amines is 2. The van der Waals surface area contributed by atoms with Crippen LogP contribution in [-0.4, -0.2) is 55.0 Å². The topological polar surface area (TPSA) is 74.8 Å². The molecule has 3 atom stereocenters. The summed E-state index contributed by atoms with van der Waals surface area (Å²) in [6, 6.07) is 15.8. The molecule has 2 aromatic carbocycles. The maximum absolute atomic E-state index is 6.47.